The molecule has 0 spiro atoms. The lowest BCUT2D eigenvalue weighted by atomic mass is 9.80. The minimum absolute atomic E-state index is 0.270. The van der Waals surface area contributed by atoms with E-state index in [4.69, 9.17) is 0 Å². The lowest BCUT2D eigenvalue weighted by molar-refractivity contribution is -0.0505. The van der Waals surface area contributed by atoms with Crippen molar-refractivity contribution < 1.29 is 13.5 Å². The van der Waals surface area contributed by atoms with E-state index in [1.807, 2.05) is 12.1 Å². The molecule has 0 heterocycles. The molecule has 0 aromatic heterocycles. The fourth-order valence-electron chi connectivity index (χ4n) is 3.07. The fourth-order valence-corrected chi connectivity index (χ4v) is 3.07. The van der Waals surface area contributed by atoms with Crippen molar-refractivity contribution in [3.8, 4) is 5.75 Å². The van der Waals surface area contributed by atoms with Crippen molar-refractivity contribution in [3.05, 3.63) is 29.8 Å². The van der Waals surface area contributed by atoms with Gasteiger partial charge in [-0.1, -0.05) is 32.0 Å². The van der Waals surface area contributed by atoms with Crippen molar-refractivity contribution in [2.75, 3.05) is 0 Å². The van der Waals surface area contributed by atoms with Crippen LogP contribution in [0.2, 0.25) is 0 Å². The molecule has 20 heavy (non-hydrogen) atoms. The molecule has 0 radical (unpaired) electrons. The van der Waals surface area contributed by atoms with Gasteiger partial charge in [0.1, 0.15) is 5.75 Å². The molecule has 0 bridgehead atoms. The van der Waals surface area contributed by atoms with Crippen LogP contribution in [0.3, 0.4) is 0 Å². The lowest BCUT2D eigenvalue weighted by Gasteiger charge is -2.33. The summed E-state index contributed by atoms with van der Waals surface area (Å²) in [4.78, 5) is 0. The van der Waals surface area contributed by atoms with E-state index in [0.29, 0.717) is 18.5 Å². The Balaban J connectivity index is 1.93. The smallest absolute Gasteiger partial charge is 0.387 e. The third kappa shape index (κ3) is 4.17. The summed E-state index contributed by atoms with van der Waals surface area (Å²) in [6.45, 7) is 2.35. The summed E-state index contributed by atoms with van der Waals surface area (Å²) in [5, 5.41) is 3.50. The fraction of sp³-hybridized carbons (Fsp3) is 0.625. The van der Waals surface area contributed by atoms with Crippen LogP contribution in [0.1, 0.15) is 38.7 Å². The zero-order valence-corrected chi connectivity index (χ0v) is 12.1. The van der Waals surface area contributed by atoms with Crippen molar-refractivity contribution in [3.63, 3.8) is 0 Å². The molecule has 0 amide bonds. The Hall–Kier alpha value is -1.16. The van der Waals surface area contributed by atoms with Crippen LogP contribution in [0.15, 0.2) is 24.3 Å². The molecule has 1 aliphatic rings. The number of rotatable bonds is 5. The maximum absolute atomic E-state index is 12.4. The van der Waals surface area contributed by atoms with Crippen LogP contribution in [0.5, 0.6) is 5.75 Å². The van der Waals surface area contributed by atoms with Gasteiger partial charge >= 0.3 is 6.61 Å². The SMILES string of the molecule is CC1CCC(NCc2ccccc2OC(F)F)C(C)C1. The van der Waals surface area contributed by atoms with Gasteiger partial charge in [0.2, 0.25) is 0 Å². The van der Waals surface area contributed by atoms with E-state index < -0.39 is 6.61 Å². The van der Waals surface area contributed by atoms with Crippen molar-refractivity contribution >= 4 is 0 Å². The number of hydrogen-bond donors (Lipinski definition) is 1. The van der Waals surface area contributed by atoms with E-state index in [1.165, 1.54) is 12.8 Å². The molecule has 3 atom stereocenters. The molecule has 2 nitrogen and oxygen atoms in total. The second-order valence-electron chi connectivity index (χ2n) is 5.87. The monoisotopic (exact) mass is 283 g/mol. The van der Waals surface area contributed by atoms with E-state index in [-0.39, 0.29) is 5.75 Å². The number of halogens is 2. The zero-order chi connectivity index (χ0) is 14.5. The van der Waals surface area contributed by atoms with Crippen LogP contribution < -0.4 is 10.1 Å². The Morgan fingerprint density at radius 1 is 1.25 bits per heavy atom. The minimum atomic E-state index is -2.77. The van der Waals surface area contributed by atoms with Gasteiger partial charge in [0, 0.05) is 18.2 Å². The number of para-hydroxylation sites is 1. The van der Waals surface area contributed by atoms with Gasteiger partial charge < -0.3 is 10.1 Å². The molecule has 4 heteroatoms. The summed E-state index contributed by atoms with van der Waals surface area (Å²) in [6, 6.07) is 7.45. The predicted molar refractivity (Wildman–Crippen MR) is 75.9 cm³/mol. The van der Waals surface area contributed by atoms with Gasteiger partial charge in [0.15, 0.2) is 0 Å². The number of alkyl halides is 2. The maximum Gasteiger partial charge on any atom is 0.387 e. The second kappa shape index (κ2) is 7.02. The molecule has 0 aliphatic heterocycles. The highest BCUT2D eigenvalue weighted by Gasteiger charge is 2.25. The summed E-state index contributed by atoms with van der Waals surface area (Å²) >= 11 is 0. The van der Waals surface area contributed by atoms with Crippen LogP contribution in [-0.4, -0.2) is 12.7 Å². The van der Waals surface area contributed by atoms with Crippen molar-refractivity contribution in [2.45, 2.75) is 52.3 Å². The molecule has 0 saturated heterocycles. The Morgan fingerprint density at radius 3 is 2.70 bits per heavy atom. The van der Waals surface area contributed by atoms with Crippen LogP contribution in [0.25, 0.3) is 0 Å². The van der Waals surface area contributed by atoms with Crippen LogP contribution >= 0.6 is 0 Å². The molecule has 2 rings (SSSR count). The summed E-state index contributed by atoms with van der Waals surface area (Å²) < 4.78 is 29.3. The van der Waals surface area contributed by atoms with Crippen molar-refractivity contribution in [2.24, 2.45) is 11.8 Å². The third-order valence-corrected chi connectivity index (χ3v) is 4.17. The van der Waals surface area contributed by atoms with Crippen molar-refractivity contribution in [1.82, 2.24) is 5.32 Å². The normalized spacial score (nSPS) is 26.8. The van der Waals surface area contributed by atoms with Crippen LogP contribution in [0, 0.1) is 11.8 Å². The molecule has 1 saturated carbocycles. The van der Waals surface area contributed by atoms with Crippen LogP contribution in [-0.2, 0) is 6.54 Å². The predicted octanol–water partition coefficient (Wildman–Crippen LogP) is 4.20. The standard InChI is InChI=1S/C16H23F2NO/c1-11-7-8-14(12(2)9-11)19-10-13-5-3-4-6-15(13)20-16(17)18/h3-6,11-12,14,16,19H,7-10H2,1-2H3. The number of ether oxygens (including phenoxy) is 1. The van der Waals surface area contributed by atoms with E-state index in [2.05, 4.69) is 23.9 Å². The highest BCUT2D eigenvalue weighted by Crippen LogP contribution is 2.29. The van der Waals surface area contributed by atoms with Gasteiger partial charge in [-0.25, -0.2) is 0 Å². The number of benzene rings is 1. The van der Waals surface area contributed by atoms with E-state index >= 15 is 0 Å². The van der Waals surface area contributed by atoms with E-state index in [1.54, 1.807) is 12.1 Å². The first-order valence-corrected chi connectivity index (χ1v) is 7.32. The highest BCUT2D eigenvalue weighted by atomic mass is 19.3. The average molecular weight is 283 g/mol. The first-order valence-electron chi connectivity index (χ1n) is 7.32. The molecule has 112 valence electrons. The summed E-state index contributed by atoms with van der Waals surface area (Å²) in [5.74, 6) is 1.69. The Labute approximate surface area is 119 Å². The molecule has 1 aromatic carbocycles. The lowest BCUT2D eigenvalue weighted by Crippen LogP contribution is -2.38. The summed E-state index contributed by atoms with van der Waals surface area (Å²) in [5.41, 5.74) is 0.790. The van der Waals surface area contributed by atoms with Gasteiger partial charge in [0.25, 0.3) is 0 Å². The Bertz CT molecular complexity index is 425. The summed E-state index contributed by atoms with van der Waals surface area (Å²) in [6.07, 6.45) is 3.62. The van der Waals surface area contributed by atoms with E-state index in [9.17, 15) is 8.78 Å². The Morgan fingerprint density at radius 2 is 2.00 bits per heavy atom. The highest BCUT2D eigenvalue weighted by molar-refractivity contribution is 5.33. The largest absolute Gasteiger partial charge is 0.434 e. The topological polar surface area (TPSA) is 21.3 Å². The molecule has 1 fully saturated rings. The maximum atomic E-state index is 12.4. The molecule has 3 unspecified atom stereocenters. The third-order valence-electron chi connectivity index (χ3n) is 4.17. The van der Waals surface area contributed by atoms with E-state index in [0.717, 1.165) is 17.9 Å². The first-order chi connectivity index (χ1) is 9.56. The van der Waals surface area contributed by atoms with Gasteiger partial charge in [-0.2, -0.15) is 8.78 Å². The first kappa shape index (κ1) is 15.2. The molecule has 1 aromatic rings. The quantitative estimate of drug-likeness (QED) is 0.874. The van der Waals surface area contributed by atoms with Gasteiger partial charge in [-0.15, -0.1) is 0 Å². The Kier molecular flexibility index (Phi) is 5.35. The van der Waals surface area contributed by atoms with Crippen LogP contribution in [0.4, 0.5) is 8.78 Å². The van der Waals surface area contributed by atoms with Crippen molar-refractivity contribution in [1.29, 1.82) is 0 Å². The van der Waals surface area contributed by atoms with Gasteiger partial charge in [-0.3, -0.25) is 0 Å². The average Bonchev–Trinajstić information content (AvgIpc) is 2.39. The zero-order valence-electron chi connectivity index (χ0n) is 12.1. The summed E-state index contributed by atoms with van der Waals surface area (Å²) in [7, 11) is 0. The molecular formula is C16H23F2NO. The van der Waals surface area contributed by atoms with Gasteiger partial charge in [0.05, 0.1) is 0 Å². The minimum Gasteiger partial charge on any atom is -0.434 e. The molecule has 1 aliphatic carbocycles. The van der Waals surface area contributed by atoms with Gasteiger partial charge in [-0.05, 0) is 37.2 Å². The number of hydrogen-bond acceptors (Lipinski definition) is 2. The second-order valence-corrected chi connectivity index (χ2v) is 5.87. The molecule has 1 N–H and O–H groups in total. The molecular weight excluding hydrogens is 260 g/mol. The number of nitrogens with one attached hydrogen (secondary N) is 1.